The van der Waals surface area contributed by atoms with Crippen LogP contribution in [0.3, 0.4) is 0 Å². The molecule has 0 aliphatic rings. The third kappa shape index (κ3) is 6.10. The van der Waals surface area contributed by atoms with Crippen LogP contribution in [-0.4, -0.2) is 50.5 Å². The lowest BCUT2D eigenvalue weighted by Gasteiger charge is -2.21. The Balaban J connectivity index is 1.72. The summed E-state index contributed by atoms with van der Waals surface area (Å²) in [6.07, 6.45) is 5.43. The van der Waals surface area contributed by atoms with Crippen LogP contribution in [0.25, 0.3) is 16.8 Å². The zero-order valence-electron chi connectivity index (χ0n) is 21.3. The molecule has 4 rings (SSSR count). The molecule has 2 N–H and O–H groups in total. The van der Waals surface area contributed by atoms with Crippen molar-refractivity contribution in [2.45, 2.75) is 25.8 Å². The topological polar surface area (TPSA) is 133 Å². The van der Waals surface area contributed by atoms with Gasteiger partial charge < -0.3 is 15.4 Å². The molecule has 2 amide bonds. The minimum Gasteiger partial charge on any atom is -0.495 e. The summed E-state index contributed by atoms with van der Waals surface area (Å²) in [6, 6.07) is 8.71. The highest BCUT2D eigenvalue weighted by Crippen LogP contribution is 2.35. The van der Waals surface area contributed by atoms with Crippen LogP contribution in [0.15, 0.2) is 59.8 Å². The van der Waals surface area contributed by atoms with Gasteiger partial charge in [-0.3, -0.25) is 19.0 Å². The summed E-state index contributed by atoms with van der Waals surface area (Å²) >= 11 is 12.3. The number of benzene rings is 1. The van der Waals surface area contributed by atoms with Crippen molar-refractivity contribution in [3.05, 3.63) is 81.2 Å². The molecule has 0 unspecified atom stereocenters. The number of carbonyl (C=O) groups is 2. The second kappa shape index (κ2) is 12.1. The van der Waals surface area contributed by atoms with Crippen molar-refractivity contribution < 1.29 is 14.3 Å². The summed E-state index contributed by atoms with van der Waals surface area (Å²) < 4.78 is 8.46. The van der Waals surface area contributed by atoms with Gasteiger partial charge in [0.1, 0.15) is 17.5 Å². The van der Waals surface area contributed by atoms with Crippen LogP contribution in [0.4, 0.5) is 5.69 Å². The smallest absolute Gasteiger partial charge is 0.269 e. The van der Waals surface area contributed by atoms with Gasteiger partial charge in [0, 0.05) is 29.3 Å². The number of nitrogens with zero attached hydrogens (tertiary/aromatic N) is 5. The molecule has 4 aromatic rings. The van der Waals surface area contributed by atoms with E-state index in [1.807, 2.05) is 6.92 Å². The van der Waals surface area contributed by atoms with Crippen molar-refractivity contribution in [1.29, 1.82) is 0 Å². The molecular formula is C26H25Cl2N7O4. The number of aromatic nitrogens is 5. The highest BCUT2D eigenvalue weighted by molar-refractivity contribution is 6.31. The molecule has 0 bridgehead atoms. The van der Waals surface area contributed by atoms with Crippen molar-refractivity contribution in [2.75, 3.05) is 19.5 Å². The van der Waals surface area contributed by atoms with Crippen LogP contribution in [0.1, 0.15) is 36.3 Å². The number of hydrogen-bond acceptors (Lipinski definition) is 7. The Kier molecular flexibility index (Phi) is 8.62. The van der Waals surface area contributed by atoms with E-state index in [9.17, 15) is 14.4 Å². The van der Waals surface area contributed by atoms with Gasteiger partial charge in [0.15, 0.2) is 5.15 Å². The lowest BCUT2D eigenvalue weighted by atomic mass is 10.0. The van der Waals surface area contributed by atoms with Crippen molar-refractivity contribution in [1.82, 2.24) is 29.9 Å². The minimum absolute atomic E-state index is 0.199. The first-order valence-corrected chi connectivity index (χ1v) is 12.7. The fraction of sp³-hybridized carbons (Fsp3) is 0.231. The van der Waals surface area contributed by atoms with Gasteiger partial charge in [-0.2, -0.15) is 0 Å². The molecule has 3 aromatic heterocycles. The maximum atomic E-state index is 13.4. The van der Waals surface area contributed by atoms with Crippen molar-refractivity contribution in [2.24, 2.45) is 0 Å². The largest absolute Gasteiger partial charge is 0.495 e. The Morgan fingerprint density at radius 1 is 1.10 bits per heavy atom. The van der Waals surface area contributed by atoms with Crippen molar-refractivity contribution in [3.63, 3.8) is 0 Å². The second-order valence-electron chi connectivity index (χ2n) is 8.45. The summed E-state index contributed by atoms with van der Waals surface area (Å²) in [4.78, 5) is 42.5. The maximum absolute atomic E-state index is 13.4. The van der Waals surface area contributed by atoms with Gasteiger partial charge >= 0.3 is 0 Å². The number of methoxy groups -OCH3 is 1. The highest BCUT2D eigenvalue weighted by atomic mass is 35.5. The van der Waals surface area contributed by atoms with Crippen LogP contribution in [0.5, 0.6) is 5.75 Å². The molecule has 0 saturated heterocycles. The van der Waals surface area contributed by atoms with E-state index in [0.717, 1.165) is 0 Å². The Morgan fingerprint density at radius 2 is 1.90 bits per heavy atom. The molecule has 0 radical (unpaired) electrons. The van der Waals surface area contributed by atoms with Crippen LogP contribution in [0, 0.1) is 0 Å². The number of rotatable bonds is 9. The number of pyridine rings is 2. The number of halogens is 2. The van der Waals surface area contributed by atoms with E-state index in [-0.39, 0.29) is 16.8 Å². The molecule has 0 fully saturated rings. The first kappa shape index (κ1) is 27.8. The Morgan fingerprint density at radius 3 is 2.51 bits per heavy atom. The number of ether oxygens (including phenoxy) is 1. The molecular weight excluding hydrogens is 545 g/mol. The summed E-state index contributed by atoms with van der Waals surface area (Å²) in [5.74, 6) is -0.413. The lowest BCUT2D eigenvalue weighted by Crippen LogP contribution is -2.33. The van der Waals surface area contributed by atoms with Crippen LogP contribution >= 0.6 is 23.2 Å². The van der Waals surface area contributed by atoms with E-state index in [1.165, 1.54) is 54.1 Å². The molecule has 1 aromatic carbocycles. The lowest BCUT2D eigenvalue weighted by molar-refractivity contribution is -0.119. The van der Waals surface area contributed by atoms with E-state index >= 15 is 0 Å². The number of amides is 2. The van der Waals surface area contributed by atoms with Gasteiger partial charge in [-0.1, -0.05) is 41.8 Å². The standard InChI is InChI=1S/C26H25Cl2N7O4/c1-4-5-21(26(38)31-16-7-8-19(30-12-16)25(37)29-2)34-13-22(39-3)18(11-24(34)36)17-10-15(27)6-9-20(17)35-14-23(28)32-33-35/h6-14,21H,4-5H2,1-3H3,(H,29,37)(H,31,38)/t21-/m0/s1. The first-order valence-electron chi connectivity index (χ1n) is 11.9. The van der Waals surface area contributed by atoms with Gasteiger partial charge in [-0.25, -0.2) is 9.67 Å². The molecule has 13 heteroatoms. The van der Waals surface area contributed by atoms with Crippen LogP contribution < -0.4 is 20.9 Å². The number of hydrogen-bond donors (Lipinski definition) is 2. The SMILES string of the molecule is CCC[C@@H](C(=O)Nc1ccc(C(=O)NC)nc1)n1cc(OC)c(-c2cc(Cl)ccc2-n2cc(Cl)nn2)cc1=O. The van der Waals surface area contributed by atoms with Crippen LogP contribution in [0.2, 0.25) is 10.2 Å². The fourth-order valence-electron chi connectivity index (χ4n) is 4.06. The molecule has 0 saturated carbocycles. The monoisotopic (exact) mass is 569 g/mol. The predicted molar refractivity (Wildman–Crippen MR) is 148 cm³/mol. The van der Waals surface area contributed by atoms with Crippen LogP contribution in [-0.2, 0) is 4.79 Å². The average Bonchev–Trinajstić information content (AvgIpc) is 3.37. The van der Waals surface area contributed by atoms with E-state index < -0.39 is 17.5 Å². The number of carbonyl (C=O) groups excluding carboxylic acids is 2. The van der Waals surface area contributed by atoms with Crippen molar-refractivity contribution in [3.8, 4) is 22.6 Å². The van der Waals surface area contributed by atoms with Gasteiger partial charge in [0.25, 0.3) is 11.5 Å². The quantitative estimate of drug-likeness (QED) is 0.309. The van der Waals surface area contributed by atoms with Gasteiger partial charge in [-0.05, 0) is 36.8 Å². The van der Waals surface area contributed by atoms with E-state index in [0.29, 0.717) is 46.1 Å². The highest BCUT2D eigenvalue weighted by Gasteiger charge is 2.24. The Bertz CT molecular complexity index is 1570. The second-order valence-corrected chi connectivity index (χ2v) is 9.28. The summed E-state index contributed by atoms with van der Waals surface area (Å²) in [7, 11) is 2.97. The normalized spacial score (nSPS) is 11.6. The number of nitrogens with one attached hydrogen (secondary N) is 2. The molecule has 0 spiro atoms. The number of anilines is 1. The zero-order chi connectivity index (χ0) is 28.1. The molecule has 0 aliphatic carbocycles. The maximum Gasteiger partial charge on any atom is 0.269 e. The van der Waals surface area contributed by atoms with E-state index in [1.54, 1.807) is 24.3 Å². The first-order chi connectivity index (χ1) is 18.7. The van der Waals surface area contributed by atoms with E-state index in [2.05, 4.69) is 25.9 Å². The predicted octanol–water partition coefficient (Wildman–Crippen LogP) is 4.15. The Labute approximate surface area is 233 Å². The molecule has 1 atom stereocenters. The fourth-order valence-corrected chi connectivity index (χ4v) is 4.35. The van der Waals surface area contributed by atoms with Gasteiger partial charge in [0.2, 0.25) is 5.91 Å². The Hall–Kier alpha value is -4.22. The third-order valence-corrected chi connectivity index (χ3v) is 6.32. The summed E-state index contributed by atoms with van der Waals surface area (Å²) in [5.41, 5.74) is 1.77. The molecule has 39 heavy (non-hydrogen) atoms. The minimum atomic E-state index is -0.836. The molecule has 11 nitrogen and oxygen atoms in total. The van der Waals surface area contributed by atoms with Gasteiger partial charge in [-0.15, -0.1) is 5.10 Å². The van der Waals surface area contributed by atoms with Crippen molar-refractivity contribution >= 4 is 40.7 Å². The summed E-state index contributed by atoms with van der Waals surface area (Å²) in [5, 5.41) is 13.7. The molecule has 3 heterocycles. The average molecular weight is 570 g/mol. The third-order valence-electron chi connectivity index (χ3n) is 5.92. The molecule has 202 valence electrons. The van der Waals surface area contributed by atoms with Gasteiger partial charge in [0.05, 0.1) is 37.1 Å². The van der Waals surface area contributed by atoms with E-state index in [4.69, 9.17) is 27.9 Å². The summed E-state index contributed by atoms with van der Waals surface area (Å²) in [6.45, 7) is 1.91. The zero-order valence-corrected chi connectivity index (χ0v) is 22.8. The molecule has 0 aliphatic heterocycles.